The Labute approximate surface area is 250 Å². The monoisotopic (exact) mass is 625 g/mol. The van der Waals surface area contributed by atoms with E-state index in [1.165, 1.54) is 0 Å². The van der Waals surface area contributed by atoms with E-state index >= 15 is 0 Å². The van der Waals surface area contributed by atoms with Crippen LogP contribution in [-0.4, -0.2) is 29.6 Å². The molecule has 2 saturated heterocycles. The lowest BCUT2D eigenvalue weighted by Gasteiger charge is -2.32. The number of aliphatic hydroxyl groups excluding tert-OH is 1. The normalized spacial score (nSPS) is 24.4. The average Bonchev–Trinajstić information content (AvgIpc) is 3.66. The fraction of sp³-hybridized carbons (Fsp3) is 0.500. The first-order valence-corrected chi connectivity index (χ1v) is 14.7. The summed E-state index contributed by atoms with van der Waals surface area (Å²) in [6, 6.07) is 4.30. The van der Waals surface area contributed by atoms with Crippen molar-refractivity contribution in [1.82, 2.24) is 0 Å². The van der Waals surface area contributed by atoms with Crippen LogP contribution >= 0.6 is 0 Å². The van der Waals surface area contributed by atoms with E-state index in [1.54, 1.807) is 12.1 Å². The number of ether oxygens (including phenoxy) is 1. The number of amides is 2. The number of rotatable bonds is 9. The third-order valence-corrected chi connectivity index (χ3v) is 8.76. The fourth-order valence-corrected chi connectivity index (χ4v) is 6.76. The van der Waals surface area contributed by atoms with Gasteiger partial charge in [-0.15, -0.1) is 0 Å². The second-order valence-electron chi connectivity index (χ2n) is 11.5. The minimum atomic E-state index is -5.12. The fourth-order valence-electron chi connectivity index (χ4n) is 6.76. The Morgan fingerprint density at radius 1 is 1.00 bits per heavy atom. The zero-order valence-corrected chi connectivity index (χ0v) is 24.2. The van der Waals surface area contributed by atoms with E-state index in [4.69, 9.17) is 9.15 Å². The van der Waals surface area contributed by atoms with Crippen LogP contribution in [0.1, 0.15) is 75.0 Å². The Morgan fingerprint density at radius 3 is 2.25 bits per heavy atom. The van der Waals surface area contributed by atoms with E-state index in [-0.39, 0.29) is 31.8 Å². The van der Waals surface area contributed by atoms with Crippen LogP contribution in [0, 0.1) is 17.8 Å². The van der Waals surface area contributed by atoms with Gasteiger partial charge in [-0.1, -0.05) is 31.4 Å². The molecule has 44 heavy (non-hydrogen) atoms. The van der Waals surface area contributed by atoms with Gasteiger partial charge in [-0.25, -0.2) is 4.90 Å². The van der Waals surface area contributed by atoms with E-state index in [2.05, 4.69) is 0 Å². The highest BCUT2D eigenvalue weighted by Gasteiger charge is 2.57. The molecule has 2 fully saturated rings. The quantitative estimate of drug-likeness (QED) is 0.176. The van der Waals surface area contributed by atoms with Gasteiger partial charge in [-0.05, 0) is 74.1 Å². The summed E-state index contributed by atoms with van der Waals surface area (Å²) < 4.78 is 93.1. The highest BCUT2D eigenvalue weighted by Crippen LogP contribution is 2.52. The Hall–Kier alpha value is -3.38. The smallest absolute Gasteiger partial charge is 0.416 e. The Bertz CT molecular complexity index is 1450. The van der Waals surface area contributed by atoms with Gasteiger partial charge in [0, 0.05) is 5.92 Å². The molecule has 2 amide bonds. The van der Waals surface area contributed by atoms with Crippen LogP contribution in [0.2, 0.25) is 0 Å². The number of furan rings is 1. The van der Waals surface area contributed by atoms with Crippen LogP contribution in [0.4, 0.5) is 32.0 Å². The predicted molar refractivity (Wildman–Crippen MR) is 148 cm³/mol. The van der Waals surface area contributed by atoms with Crippen molar-refractivity contribution in [2.45, 2.75) is 77.4 Å². The number of carbonyl (C=O) groups is 2. The number of imide groups is 1. The lowest BCUT2D eigenvalue weighted by molar-refractivity contribution is -0.143. The maximum Gasteiger partial charge on any atom is 0.416 e. The minimum Gasteiger partial charge on any atom is -0.459 e. The van der Waals surface area contributed by atoms with Gasteiger partial charge in [0.1, 0.15) is 18.1 Å². The molecule has 0 spiro atoms. The van der Waals surface area contributed by atoms with Crippen LogP contribution in [0.15, 0.2) is 51.5 Å². The molecule has 0 unspecified atom stereocenters. The molecule has 1 aromatic heterocycles. The number of benzene rings is 1. The van der Waals surface area contributed by atoms with Gasteiger partial charge < -0.3 is 14.3 Å². The number of carbonyl (C=O) groups excluding carboxylic acids is 2. The molecule has 5 rings (SSSR count). The van der Waals surface area contributed by atoms with Crippen LogP contribution < -0.4 is 4.90 Å². The molecule has 1 aliphatic carbocycles. The van der Waals surface area contributed by atoms with E-state index in [9.17, 15) is 41.0 Å². The number of anilines is 1. The van der Waals surface area contributed by atoms with Crippen molar-refractivity contribution < 1.29 is 50.2 Å². The van der Waals surface area contributed by atoms with Gasteiger partial charge in [0.15, 0.2) is 0 Å². The molecule has 0 saturated carbocycles. The van der Waals surface area contributed by atoms with E-state index in [0.717, 1.165) is 29.6 Å². The molecule has 1 N–H and O–H groups in total. The van der Waals surface area contributed by atoms with Crippen molar-refractivity contribution in [2.24, 2.45) is 17.8 Å². The predicted octanol–water partition coefficient (Wildman–Crippen LogP) is 7.70. The number of hydrogen-bond donors (Lipinski definition) is 1. The minimum absolute atomic E-state index is 0.0214. The molecule has 4 atom stereocenters. The number of hydrogen-bond acceptors (Lipinski definition) is 5. The number of alkyl halides is 6. The van der Waals surface area contributed by atoms with Crippen molar-refractivity contribution in [3.05, 3.63) is 69.7 Å². The molecule has 2 aliphatic heterocycles. The summed E-state index contributed by atoms with van der Waals surface area (Å²) in [5.41, 5.74) is -0.947. The Balaban J connectivity index is 1.43. The molecular formula is C32H33F6NO5. The van der Waals surface area contributed by atoms with E-state index in [1.807, 2.05) is 19.9 Å². The summed E-state index contributed by atoms with van der Waals surface area (Å²) in [6.45, 7) is 3.89. The van der Waals surface area contributed by atoms with Gasteiger partial charge in [-0.2, -0.15) is 26.3 Å². The topological polar surface area (TPSA) is 80.0 Å². The number of halogens is 6. The lowest BCUT2D eigenvalue weighted by Crippen LogP contribution is -2.34. The number of aliphatic hydroxyl groups is 1. The van der Waals surface area contributed by atoms with E-state index < -0.39 is 58.7 Å². The third-order valence-electron chi connectivity index (χ3n) is 8.76. The van der Waals surface area contributed by atoms with Crippen molar-refractivity contribution in [3.8, 4) is 0 Å². The molecule has 0 radical (unpaired) electrons. The first-order chi connectivity index (χ1) is 20.8. The molecule has 0 bridgehead atoms. The number of nitrogens with zero attached hydrogens (tertiary/aromatic N) is 1. The number of allylic oxidation sites excluding steroid dienone is 2. The summed E-state index contributed by atoms with van der Waals surface area (Å²) in [6.07, 6.45) is -5.14. The van der Waals surface area contributed by atoms with Crippen molar-refractivity contribution in [1.29, 1.82) is 0 Å². The molecule has 12 heteroatoms. The molecular weight excluding hydrogens is 592 g/mol. The molecule has 6 nitrogen and oxygen atoms in total. The largest absolute Gasteiger partial charge is 0.459 e. The second-order valence-corrected chi connectivity index (χ2v) is 11.5. The zero-order chi connectivity index (χ0) is 32.0. The molecule has 238 valence electrons. The van der Waals surface area contributed by atoms with E-state index in [0.29, 0.717) is 47.8 Å². The first-order valence-electron chi connectivity index (χ1n) is 14.7. The first kappa shape index (κ1) is 32.0. The summed E-state index contributed by atoms with van der Waals surface area (Å²) in [7, 11) is 0. The van der Waals surface area contributed by atoms with Gasteiger partial charge in [0.05, 0.1) is 41.4 Å². The van der Waals surface area contributed by atoms with Crippen LogP contribution in [0.3, 0.4) is 0 Å². The van der Waals surface area contributed by atoms with Crippen LogP contribution in [0.25, 0.3) is 6.08 Å². The zero-order valence-electron chi connectivity index (χ0n) is 24.2. The van der Waals surface area contributed by atoms with Crippen LogP contribution in [-0.2, 0) is 33.3 Å². The second kappa shape index (κ2) is 12.2. The van der Waals surface area contributed by atoms with Crippen molar-refractivity contribution >= 4 is 23.6 Å². The van der Waals surface area contributed by atoms with Crippen molar-refractivity contribution in [3.63, 3.8) is 0 Å². The molecule has 2 aromatic rings. The third kappa shape index (κ3) is 6.10. The SMILES string of the molecule is CCCC1=C2[C@@H](CC/C(=C/c3ccc(CO)o3)CC)OC[C@@H]2[C@@H]2C(=O)N(c3cc(C(F)(F)F)cc(C(F)(F)F)c3)C(=O)[C@@H]2C1. The highest BCUT2D eigenvalue weighted by atomic mass is 19.4. The van der Waals surface area contributed by atoms with Gasteiger partial charge in [-0.3, -0.25) is 9.59 Å². The molecule has 1 aromatic carbocycles. The Kier molecular flexibility index (Phi) is 8.87. The molecule has 3 heterocycles. The maximum atomic E-state index is 13.8. The Morgan fingerprint density at radius 2 is 1.68 bits per heavy atom. The lowest BCUT2D eigenvalue weighted by atomic mass is 9.68. The summed E-state index contributed by atoms with van der Waals surface area (Å²) in [4.78, 5) is 27.9. The summed E-state index contributed by atoms with van der Waals surface area (Å²) in [5.74, 6) is -2.86. The van der Waals surface area contributed by atoms with Gasteiger partial charge in [0.2, 0.25) is 11.8 Å². The van der Waals surface area contributed by atoms with Crippen LogP contribution in [0.5, 0.6) is 0 Å². The maximum absolute atomic E-state index is 13.8. The summed E-state index contributed by atoms with van der Waals surface area (Å²) in [5, 5.41) is 9.26. The van der Waals surface area contributed by atoms with Crippen molar-refractivity contribution in [2.75, 3.05) is 11.5 Å². The molecule has 3 aliphatic rings. The standard InChI is InChI=1S/C32H33F6NO5/c1-3-5-18-11-24-28(25-16-43-26(27(18)25)9-6-17(4-2)10-22-7-8-23(15-40)44-22)30(42)39(29(24)41)21-13-19(31(33,34)35)12-20(14-21)32(36,37)38/h7-8,10,12-14,24-26,28,40H,3-6,9,11,15-16H2,1-2H3/b17-10+/t24-,25+,26-,28-/m1/s1. The number of fused-ring (bicyclic) bond motifs is 3. The summed E-state index contributed by atoms with van der Waals surface area (Å²) >= 11 is 0. The highest BCUT2D eigenvalue weighted by molar-refractivity contribution is 6.22. The van der Waals surface area contributed by atoms with Gasteiger partial charge in [0.25, 0.3) is 0 Å². The average molecular weight is 626 g/mol. The van der Waals surface area contributed by atoms with Gasteiger partial charge >= 0.3 is 12.4 Å².